The molecule has 0 heterocycles. The highest BCUT2D eigenvalue weighted by molar-refractivity contribution is 6.14. The second kappa shape index (κ2) is 6.52. The van der Waals surface area contributed by atoms with Gasteiger partial charge in [-0.2, -0.15) is 0 Å². The molecule has 0 aromatic heterocycles. The maximum Gasteiger partial charge on any atom is 0.256 e. The molecule has 2 amide bonds. The molecular weight excluding hydrogens is 328 g/mol. The number of carbonyl (C=O) groups is 2. The van der Waals surface area contributed by atoms with Crippen LogP contribution >= 0.6 is 0 Å². The Labute approximate surface area is 150 Å². The minimum atomic E-state index is -0.549. The van der Waals surface area contributed by atoms with Crippen LogP contribution in [0.15, 0.2) is 54.6 Å². The molecule has 3 aromatic carbocycles. The van der Waals surface area contributed by atoms with Crippen LogP contribution in [0.4, 0.5) is 5.69 Å². The maximum absolute atomic E-state index is 12.8. The van der Waals surface area contributed by atoms with Gasteiger partial charge in [0.25, 0.3) is 11.8 Å². The van der Waals surface area contributed by atoms with E-state index in [0.29, 0.717) is 17.0 Å². The second-order valence-electron chi connectivity index (χ2n) is 6.35. The van der Waals surface area contributed by atoms with Gasteiger partial charge in [0.15, 0.2) is 6.61 Å². The van der Waals surface area contributed by atoms with Gasteiger partial charge in [-0.15, -0.1) is 0 Å². The van der Waals surface area contributed by atoms with Crippen molar-refractivity contribution in [1.82, 2.24) is 0 Å². The molecule has 4 rings (SSSR count). The first kappa shape index (κ1) is 16.1. The van der Waals surface area contributed by atoms with Gasteiger partial charge in [0.05, 0.1) is 0 Å². The first-order valence-corrected chi connectivity index (χ1v) is 8.48. The van der Waals surface area contributed by atoms with E-state index in [4.69, 9.17) is 10.5 Å². The Kier molecular flexibility index (Phi) is 4.05. The van der Waals surface area contributed by atoms with Crippen LogP contribution in [-0.4, -0.2) is 18.4 Å². The zero-order valence-corrected chi connectivity index (χ0v) is 14.1. The maximum atomic E-state index is 12.8. The van der Waals surface area contributed by atoms with Gasteiger partial charge in [0.2, 0.25) is 0 Å². The lowest BCUT2D eigenvalue weighted by molar-refractivity contribution is -0.119. The molecule has 1 aliphatic rings. The summed E-state index contributed by atoms with van der Waals surface area (Å²) in [5.41, 5.74) is 8.93. The van der Waals surface area contributed by atoms with Gasteiger partial charge >= 0.3 is 0 Å². The Morgan fingerprint density at radius 1 is 1.00 bits per heavy atom. The first-order chi connectivity index (χ1) is 12.6. The predicted molar refractivity (Wildman–Crippen MR) is 100 cm³/mol. The number of nitrogens with one attached hydrogen (secondary N) is 1. The number of rotatable bonds is 5. The van der Waals surface area contributed by atoms with Gasteiger partial charge in [-0.1, -0.05) is 30.3 Å². The Balaban J connectivity index is 1.61. The molecule has 5 heteroatoms. The van der Waals surface area contributed by atoms with Crippen molar-refractivity contribution in [3.63, 3.8) is 0 Å². The van der Waals surface area contributed by atoms with Crippen molar-refractivity contribution in [3.05, 3.63) is 71.3 Å². The lowest BCUT2D eigenvalue weighted by atomic mass is 9.99. The van der Waals surface area contributed by atoms with Crippen LogP contribution in [0.5, 0.6) is 5.75 Å². The van der Waals surface area contributed by atoms with E-state index in [-0.39, 0.29) is 12.5 Å². The van der Waals surface area contributed by atoms with Crippen LogP contribution in [0.3, 0.4) is 0 Å². The van der Waals surface area contributed by atoms with E-state index in [1.807, 2.05) is 24.3 Å². The summed E-state index contributed by atoms with van der Waals surface area (Å²) in [7, 11) is 0. The average molecular weight is 346 g/mol. The third-order valence-electron chi connectivity index (χ3n) is 4.59. The first-order valence-electron chi connectivity index (χ1n) is 8.48. The Morgan fingerprint density at radius 2 is 1.77 bits per heavy atom. The van der Waals surface area contributed by atoms with E-state index < -0.39 is 5.91 Å². The molecule has 5 nitrogen and oxygen atoms in total. The molecule has 3 aromatic rings. The SMILES string of the molecule is NC(=O)COc1cccc(NC(=O)c2ccc3c4c(cccc24)CC3)c1. The monoisotopic (exact) mass is 346 g/mol. The topological polar surface area (TPSA) is 81.4 Å². The minimum absolute atomic E-state index is 0.173. The van der Waals surface area contributed by atoms with Crippen molar-refractivity contribution in [3.8, 4) is 5.75 Å². The summed E-state index contributed by atoms with van der Waals surface area (Å²) in [6.45, 7) is -0.202. The minimum Gasteiger partial charge on any atom is -0.484 e. The molecule has 0 saturated heterocycles. The third-order valence-corrected chi connectivity index (χ3v) is 4.59. The largest absolute Gasteiger partial charge is 0.484 e. The summed E-state index contributed by atoms with van der Waals surface area (Å²) in [6, 6.07) is 16.9. The molecule has 130 valence electrons. The summed E-state index contributed by atoms with van der Waals surface area (Å²) >= 11 is 0. The second-order valence-corrected chi connectivity index (χ2v) is 6.35. The van der Waals surface area contributed by atoms with E-state index >= 15 is 0 Å². The number of hydrogen-bond donors (Lipinski definition) is 2. The van der Waals surface area contributed by atoms with Gasteiger partial charge in [-0.25, -0.2) is 0 Å². The normalized spacial score (nSPS) is 12.2. The molecule has 1 aliphatic carbocycles. The van der Waals surface area contributed by atoms with E-state index in [0.717, 1.165) is 18.2 Å². The number of primary amides is 1. The van der Waals surface area contributed by atoms with Crippen molar-refractivity contribution in [1.29, 1.82) is 0 Å². The smallest absolute Gasteiger partial charge is 0.256 e. The highest BCUT2D eigenvalue weighted by Gasteiger charge is 2.18. The number of carbonyl (C=O) groups excluding carboxylic acids is 2. The van der Waals surface area contributed by atoms with Crippen molar-refractivity contribution < 1.29 is 14.3 Å². The number of anilines is 1. The van der Waals surface area contributed by atoms with E-state index in [2.05, 4.69) is 11.4 Å². The van der Waals surface area contributed by atoms with Crippen molar-refractivity contribution in [2.75, 3.05) is 11.9 Å². The molecule has 0 saturated carbocycles. The highest BCUT2D eigenvalue weighted by atomic mass is 16.5. The molecule has 0 atom stereocenters. The fourth-order valence-electron chi connectivity index (χ4n) is 3.46. The summed E-state index contributed by atoms with van der Waals surface area (Å²) in [4.78, 5) is 23.7. The molecule has 0 spiro atoms. The molecular formula is C21H18N2O3. The summed E-state index contributed by atoms with van der Waals surface area (Å²) in [5.74, 6) is -0.248. The van der Waals surface area contributed by atoms with Gasteiger partial charge in [0, 0.05) is 17.3 Å². The van der Waals surface area contributed by atoms with Gasteiger partial charge in [0.1, 0.15) is 5.75 Å². The van der Waals surface area contributed by atoms with Crippen LogP contribution in [0, 0.1) is 0 Å². The summed E-state index contributed by atoms with van der Waals surface area (Å²) in [5, 5.41) is 5.09. The Bertz CT molecular complexity index is 1020. The molecule has 0 bridgehead atoms. The Morgan fingerprint density at radius 3 is 2.58 bits per heavy atom. The van der Waals surface area contributed by atoms with Gasteiger partial charge < -0.3 is 15.8 Å². The molecule has 0 unspecified atom stereocenters. The summed E-state index contributed by atoms with van der Waals surface area (Å²) < 4.78 is 5.28. The van der Waals surface area contributed by atoms with Crippen molar-refractivity contribution >= 4 is 28.3 Å². The zero-order chi connectivity index (χ0) is 18.1. The van der Waals surface area contributed by atoms with Crippen molar-refractivity contribution in [2.24, 2.45) is 5.73 Å². The third kappa shape index (κ3) is 2.99. The van der Waals surface area contributed by atoms with Crippen LogP contribution in [0.2, 0.25) is 0 Å². The van der Waals surface area contributed by atoms with Crippen LogP contribution < -0.4 is 15.8 Å². The fraction of sp³-hybridized carbons (Fsp3) is 0.143. The molecule has 0 fully saturated rings. The number of hydrogen-bond acceptors (Lipinski definition) is 3. The van der Waals surface area contributed by atoms with Gasteiger partial charge in [-0.3, -0.25) is 9.59 Å². The van der Waals surface area contributed by atoms with E-state index in [1.165, 1.54) is 16.5 Å². The number of ether oxygens (including phenoxy) is 1. The quantitative estimate of drug-likeness (QED) is 0.745. The van der Waals surface area contributed by atoms with Crippen molar-refractivity contribution in [2.45, 2.75) is 12.8 Å². The van der Waals surface area contributed by atoms with Crippen LogP contribution in [-0.2, 0) is 17.6 Å². The molecule has 26 heavy (non-hydrogen) atoms. The standard InChI is InChI=1S/C21H18N2O3/c22-19(24)12-26-16-5-2-4-15(11-16)23-21(25)18-10-9-14-8-7-13-3-1-6-17(18)20(13)14/h1-6,9-11H,7-8,12H2,(H2,22,24)(H,23,25). The molecule has 0 radical (unpaired) electrons. The van der Waals surface area contributed by atoms with E-state index in [9.17, 15) is 9.59 Å². The number of nitrogens with two attached hydrogens (primary N) is 1. The Hall–Kier alpha value is -3.34. The number of amides is 2. The number of benzene rings is 3. The average Bonchev–Trinajstić information content (AvgIpc) is 3.06. The predicted octanol–water partition coefficient (Wildman–Crippen LogP) is 3.05. The fourth-order valence-corrected chi connectivity index (χ4v) is 3.46. The molecule has 0 aliphatic heterocycles. The lowest BCUT2D eigenvalue weighted by Gasteiger charge is -2.11. The number of aryl methyl sites for hydroxylation is 2. The molecule has 3 N–H and O–H groups in total. The van der Waals surface area contributed by atoms with E-state index in [1.54, 1.807) is 24.3 Å². The zero-order valence-electron chi connectivity index (χ0n) is 14.1. The lowest BCUT2D eigenvalue weighted by Crippen LogP contribution is -2.20. The van der Waals surface area contributed by atoms with Gasteiger partial charge in [-0.05, 0) is 52.9 Å². The highest BCUT2D eigenvalue weighted by Crippen LogP contribution is 2.33. The van der Waals surface area contributed by atoms with Crippen LogP contribution in [0.1, 0.15) is 21.5 Å². The van der Waals surface area contributed by atoms with Crippen LogP contribution in [0.25, 0.3) is 10.8 Å². The summed E-state index contributed by atoms with van der Waals surface area (Å²) in [6.07, 6.45) is 2.05.